The number of hydrogen-bond donors (Lipinski definition) is 0. The molecule has 1 amide bonds. The second kappa shape index (κ2) is 5.60. The van der Waals surface area contributed by atoms with Crippen molar-refractivity contribution < 1.29 is 13.2 Å². The summed E-state index contributed by atoms with van der Waals surface area (Å²) in [6.07, 6.45) is 0.129. The number of halogens is 2. The topological polar surface area (TPSA) is 78.2 Å². The zero-order chi connectivity index (χ0) is 14.9. The second-order valence-corrected chi connectivity index (χ2v) is 7.78. The van der Waals surface area contributed by atoms with E-state index in [1.54, 1.807) is 6.07 Å². The van der Waals surface area contributed by atoms with Crippen molar-refractivity contribution in [1.82, 2.24) is 0 Å². The van der Waals surface area contributed by atoms with E-state index in [0.29, 0.717) is 11.3 Å². The van der Waals surface area contributed by atoms with E-state index < -0.39 is 9.05 Å². The molecule has 0 aliphatic carbocycles. The third kappa shape index (κ3) is 3.42. The Kier molecular flexibility index (Phi) is 4.23. The molecule has 1 saturated heterocycles. The number of nitriles is 1. The Morgan fingerprint density at radius 1 is 1.45 bits per heavy atom. The number of hydrogen-bond acceptors (Lipinski definition) is 4. The third-order valence-corrected chi connectivity index (χ3v) is 4.58. The highest BCUT2D eigenvalue weighted by atomic mass is 35.7. The van der Waals surface area contributed by atoms with E-state index >= 15 is 0 Å². The van der Waals surface area contributed by atoms with Gasteiger partial charge in [0.1, 0.15) is 6.07 Å². The van der Waals surface area contributed by atoms with E-state index in [0.717, 1.165) is 0 Å². The minimum atomic E-state index is -3.63. The van der Waals surface area contributed by atoms with Crippen LogP contribution in [0.3, 0.4) is 0 Å². The summed E-state index contributed by atoms with van der Waals surface area (Å²) in [5.41, 5.74) is 0.871. The summed E-state index contributed by atoms with van der Waals surface area (Å²) in [4.78, 5) is 13.4. The standard InChI is InChI=1S/C12H10Cl2N2O3S/c13-11-4-10(2-1-9(11)5-15)16-6-8(3-12(16)17)7-20(14,18)19/h1-2,4,8H,3,6-7H2. The van der Waals surface area contributed by atoms with Gasteiger partial charge in [0.05, 0.1) is 16.3 Å². The summed E-state index contributed by atoms with van der Waals surface area (Å²) in [7, 11) is 1.57. The molecule has 106 valence electrons. The largest absolute Gasteiger partial charge is 0.312 e. The highest BCUT2D eigenvalue weighted by Gasteiger charge is 2.33. The van der Waals surface area contributed by atoms with Crippen molar-refractivity contribution in [3.05, 3.63) is 28.8 Å². The van der Waals surface area contributed by atoms with Gasteiger partial charge < -0.3 is 4.90 Å². The number of benzene rings is 1. The Hall–Kier alpha value is -1.29. The number of rotatable bonds is 3. The maximum atomic E-state index is 11.9. The molecule has 0 radical (unpaired) electrons. The number of amides is 1. The van der Waals surface area contributed by atoms with Crippen LogP contribution < -0.4 is 4.90 Å². The van der Waals surface area contributed by atoms with Crippen LogP contribution in [-0.4, -0.2) is 26.6 Å². The van der Waals surface area contributed by atoms with Crippen molar-refractivity contribution in [2.45, 2.75) is 6.42 Å². The molecule has 20 heavy (non-hydrogen) atoms. The van der Waals surface area contributed by atoms with Crippen LogP contribution >= 0.6 is 22.3 Å². The average Bonchev–Trinajstić information content (AvgIpc) is 2.67. The third-order valence-electron chi connectivity index (χ3n) is 3.02. The Balaban J connectivity index is 2.20. The van der Waals surface area contributed by atoms with Gasteiger partial charge in [0.25, 0.3) is 0 Å². The molecule has 0 saturated carbocycles. The molecule has 1 aromatic rings. The average molecular weight is 333 g/mol. The highest BCUT2D eigenvalue weighted by Crippen LogP contribution is 2.29. The van der Waals surface area contributed by atoms with E-state index in [4.69, 9.17) is 27.5 Å². The summed E-state index contributed by atoms with van der Waals surface area (Å²) in [5.74, 6) is -0.753. The van der Waals surface area contributed by atoms with Crippen molar-refractivity contribution in [2.24, 2.45) is 5.92 Å². The van der Waals surface area contributed by atoms with Crippen molar-refractivity contribution >= 4 is 42.9 Å². The number of nitrogens with zero attached hydrogens (tertiary/aromatic N) is 2. The fourth-order valence-corrected chi connectivity index (χ4v) is 3.72. The van der Waals surface area contributed by atoms with Crippen LogP contribution in [0, 0.1) is 17.2 Å². The van der Waals surface area contributed by atoms with Crippen LogP contribution in [0.1, 0.15) is 12.0 Å². The van der Waals surface area contributed by atoms with Crippen LogP contribution in [0.5, 0.6) is 0 Å². The first-order valence-corrected chi connectivity index (χ1v) is 8.58. The van der Waals surface area contributed by atoms with E-state index in [1.165, 1.54) is 17.0 Å². The molecule has 1 aliphatic heterocycles. The van der Waals surface area contributed by atoms with Gasteiger partial charge in [-0.3, -0.25) is 4.79 Å². The zero-order valence-corrected chi connectivity index (χ0v) is 12.5. The predicted octanol–water partition coefficient (Wildman–Crippen LogP) is 2.13. The molecule has 1 aliphatic rings. The molecular weight excluding hydrogens is 323 g/mol. The van der Waals surface area contributed by atoms with Crippen molar-refractivity contribution in [2.75, 3.05) is 17.2 Å². The quantitative estimate of drug-likeness (QED) is 0.794. The van der Waals surface area contributed by atoms with Crippen molar-refractivity contribution in [3.8, 4) is 6.07 Å². The molecule has 0 bridgehead atoms. The molecule has 1 aromatic carbocycles. The molecule has 0 spiro atoms. The summed E-state index contributed by atoms with van der Waals surface area (Å²) < 4.78 is 22.1. The molecule has 1 atom stereocenters. The molecule has 2 rings (SSSR count). The number of carbonyl (C=O) groups excluding carboxylic acids is 1. The van der Waals surface area contributed by atoms with Gasteiger partial charge in [-0.2, -0.15) is 5.26 Å². The lowest BCUT2D eigenvalue weighted by Crippen LogP contribution is -2.25. The Morgan fingerprint density at radius 3 is 2.70 bits per heavy atom. The molecule has 1 unspecified atom stereocenters. The van der Waals surface area contributed by atoms with Crippen LogP contribution in [0.2, 0.25) is 5.02 Å². The van der Waals surface area contributed by atoms with Gasteiger partial charge in [-0.25, -0.2) is 8.42 Å². The van der Waals surface area contributed by atoms with Crippen LogP contribution in [-0.2, 0) is 13.8 Å². The smallest absolute Gasteiger partial charge is 0.232 e. The highest BCUT2D eigenvalue weighted by molar-refractivity contribution is 8.13. The van der Waals surface area contributed by atoms with Crippen molar-refractivity contribution in [3.63, 3.8) is 0 Å². The van der Waals surface area contributed by atoms with E-state index in [9.17, 15) is 13.2 Å². The van der Waals surface area contributed by atoms with Crippen LogP contribution in [0.15, 0.2) is 18.2 Å². The number of carbonyl (C=O) groups is 1. The van der Waals surface area contributed by atoms with Crippen LogP contribution in [0.25, 0.3) is 0 Å². The Morgan fingerprint density at radius 2 is 2.15 bits per heavy atom. The molecule has 5 nitrogen and oxygen atoms in total. The maximum absolute atomic E-state index is 11.9. The monoisotopic (exact) mass is 332 g/mol. The normalized spacial score (nSPS) is 19.1. The molecular formula is C12H10Cl2N2O3S. The molecule has 1 fully saturated rings. The lowest BCUT2D eigenvalue weighted by molar-refractivity contribution is -0.117. The Labute approximate surface area is 126 Å². The summed E-state index contributed by atoms with van der Waals surface area (Å²) in [5, 5.41) is 9.06. The summed E-state index contributed by atoms with van der Waals surface area (Å²) >= 11 is 5.92. The van der Waals surface area contributed by atoms with E-state index in [2.05, 4.69) is 0 Å². The first-order chi connectivity index (χ1) is 9.30. The zero-order valence-electron chi connectivity index (χ0n) is 10.2. The maximum Gasteiger partial charge on any atom is 0.232 e. The van der Waals surface area contributed by atoms with Gasteiger partial charge in [0, 0.05) is 35.3 Å². The predicted molar refractivity (Wildman–Crippen MR) is 76.3 cm³/mol. The minimum Gasteiger partial charge on any atom is -0.312 e. The van der Waals surface area contributed by atoms with Crippen LogP contribution in [0.4, 0.5) is 5.69 Å². The number of anilines is 1. The van der Waals surface area contributed by atoms with Gasteiger partial charge in [-0.1, -0.05) is 11.6 Å². The van der Waals surface area contributed by atoms with Gasteiger partial charge in [-0.15, -0.1) is 0 Å². The second-order valence-electron chi connectivity index (χ2n) is 4.56. The first kappa shape index (κ1) is 15.1. The molecule has 0 aromatic heterocycles. The van der Waals surface area contributed by atoms with E-state index in [-0.39, 0.29) is 35.6 Å². The SMILES string of the molecule is N#Cc1ccc(N2CC(CS(=O)(=O)Cl)CC2=O)cc1Cl. The van der Waals surface area contributed by atoms with Gasteiger partial charge in [-0.05, 0) is 18.2 Å². The minimum absolute atomic E-state index is 0.129. The van der Waals surface area contributed by atoms with E-state index in [1.807, 2.05) is 6.07 Å². The lowest BCUT2D eigenvalue weighted by atomic mass is 10.1. The molecule has 1 heterocycles. The fourth-order valence-electron chi connectivity index (χ4n) is 2.19. The summed E-state index contributed by atoms with van der Waals surface area (Å²) in [6, 6.07) is 6.59. The lowest BCUT2D eigenvalue weighted by Gasteiger charge is -2.17. The van der Waals surface area contributed by atoms with Crippen molar-refractivity contribution in [1.29, 1.82) is 5.26 Å². The summed E-state index contributed by atoms with van der Waals surface area (Å²) in [6.45, 7) is 0.271. The molecule has 8 heteroatoms. The fraction of sp³-hybridized carbons (Fsp3) is 0.333. The van der Waals surface area contributed by atoms with Gasteiger partial charge >= 0.3 is 0 Å². The molecule has 0 N–H and O–H groups in total. The Bertz CT molecular complexity index is 697. The van der Waals surface area contributed by atoms with Gasteiger partial charge in [0.15, 0.2) is 0 Å². The first-order valence-electron chi connectivity index (χ1n) is 5.72. The van der Waals surface area contributed by atoms with Gasteiger partial charge in [0.2, 0.25) is 15.0 Å².